The lowest BCUT2D eigenvalue weighted by molar-refractivity contribution is -0.236. The summed E-state index contributed by atoms with van der Waals surface area (Å²) >= 11 is 0. The Morgan fingerprint density at radius 2 is 1.56 bits per heavy atom. The SMILES string of the molecule is CC1(C)CCC23CCC4(C)C(CCC5C6(C)CC(=Cc7ccc(C#N)cc7)C(=O)C(C)(C)C6CCC54C)C2C1OC3. The molecule has 0 aromatic heterocycles. The molecule has 1 heterocycles. The molecule has 0 spiro atoms. The van der Waals surface area contributed by atoms with Crippen LogP contribution in [0.1, 0.15) is 117 Å². The van der Waals surface area contributed by atoms with Gasteiger partial charge in [-0.15, -0.1) is 0 Å². The molecule has 3 nitrogen and oxygen atoms in total. The molecule has 6 aliphatic rings. The molecule has 9 unspecified atom stereocenters. The third-order valence-electron chi connectivity index (χ3n) is 15.1. The Kier molecular flexibility index (Phi) is 5.84. The highest BCUT2D eigenvalue weighted by atomic mass is 16.5. The van der Waals surface area contributed by atoms with Crippen LogP contribution in [-0.2, 0) is 9.53 Å². The monoisotopic (exact) mass is 553 g/mol. The van der Waals surface area contributed by atoms with Gasteiger partial charge in [-0.05, 0) is 138 Å². The molecular weight excluding hydrogens is 502 g/mol. The van der Waals surface area contributed by atoms with Crippen LogP contribution >= 0.6 is 0 Å². The molecule has 41 heavy (non-hydrogen) atoms. The Hall–Kier alpha value is -1.92. The van der Waals surface area contributed by atoms with E-state index in [0.29, 0.717) is 46.0 Å². The maximum absolute atomic E-state index is 14.1. The lowest BCUT2D eigenvalue weighted by atomic mass is 9.31. The highest BCUT2D eigenvalue weighted by molar-refractivity contribution is 6.04. The number of ether oxygens (including phenoxy) is 1. The number of benzene rings is 1. The second-order valence-electron chi connectivity index (χ2n) is 17.4. The van der Waals surface area contributed by atoms with E-state index in [2.05, 4.69) is 60.6 Å². The van der Waals surface area contributed by atoms with Crippen LogP contribution in [-0.4, -0.2) is 18.5 Å². The molecule has 9 atom stereocenters. The minimum absolute atomic E-state index is 0.104. The molecule has 3 heteroatoms. The Morgan fingerprint density at radius 1 is 0.854 bits per heavy atom. The topological polar surface area (TPSA) is 50.1 Å². The molecule has 0 radical (unpaired) electrons. The predicted octanol–water partition coefficient (Wildman–Crippen LogP) is 9.01. The first-order chi connectivity index (χ1) is 19.2. The van der Waals surface area contributed by atoms with Crippen LogP contribution in [0.2, 0.25) is 0 Å². The summed E-state index contributed by atoms with van der Waals surface area (Å²) in [6.07, 6.45) is 13.8. The van der Waals surface area contributed by atoms with Gasteiger partial charge in [0.2, 0.25) is 0 Å². The Bertz CT molecular complexity index is 1350. The first-order valence-electron chi connectivity index (χ1n) is 16.6. The van der Waals surface area contributed by atoms with Crippen molar-refractivity contribution in [3.05, 3.63) is 41.0 Å². The van der Waals surface area contributed by atoms with Crippen molar-refractivity contribution in [3.63, 3.8) is 0 Å². The van der Waals surface area contributed by atoms with E-state index in [-0.39, 0.29) is 21.7 Å². The van der Waals surface area contributed by atoms with E-state index in [0.717, 1.165) is 36.5 Å². The van der Waals surface area contributed by atoms with Gasteiger partial charge in [0.05, 0.1) is 24.3 Å². The second kappa shape index (κ2) is 8.59. The van der Waals surface area contributed by atoms with E-state index in [9.17, 15) is 10.1 Å². The molecule has 0 amide bonds. The van der Waals surface area contributed by atoms with E-state index in [1.807, 2.05) is 24.3 Å². The number of carbonyl (C=O) groups excluding carboxylic acids is 1. The molecule has 1 aromatic rings. The third kappa shape index (κ3) is 3.50. The van der Waals surface area contributed by atoms with Crippen LogP contribution in [0.3, 0.4) is 0 Å². The fraction of sp³-hybridized carbons (Fsp3) is 0.737. The average molecular weight is 554 g/mol. The minimum atomic E-state index is -0.360. The summed E-state index contributed by atoms with van der Waals surface area (Å²) in [5.41, 5.74) is 3.74. The lowest BCUT2D eigenvalue weighted by Gasteiger charge is -2.73. The number of hydrogen-bond acceptors (Lipinski definition) is 3. The standard InChI is InChI=1S/C38H51NO2/c1-33(2)16-18-38-19-17-36(6)27(30(38)32(33)41-23-38)12-13-29-35(5)21-26(20-24-8-10-25(22-39)11-9-24)31(40)34(3,4)28(35)14-15-37(29,36)7/h8-11,20,27-30,32H,12-19,21,23H2,1-7H3. The van der Waals surface area contributed by atoms with E-state index >= 15 is 0 Å². The van der Waals surface area contributed by atoms with Gasteiger partial charge in [0.1, 0.15) is 0 Å². The molecule has 6 fully saturated rings. The quantitative estimate of drug-likeness (QED) is 0.326. The van der Waals surface area contributed by atoms with Crippen LogP contribution in [0, 0.1) is 67.5 Å². The van der Waals surface area contributed by atoms with E-state index in [1.54, 1.807) is 0 Å². The summed E-state index contributed by atoms with van der Waals surface area (Å²) in [6, 6.07) is 9.95. The molecule has 7 rings (SSSR count). The highest BCUT2D eigenvalue weighted by Gasteiger charge is 2.73. The molecular formula is C38H51NO2. The number of nitrogens with zero attached hydrogens (tertiary/aromatic N) is 1. The average Bonchev–Trinajstić information content (AvgIpc) is 3.26. The number of fused-ring (bicyclic) bond motifs is 5. The van der Waals surface area contributed by atoms with Crippen molar-refractivity contribution in [2.24, 2.45) is 56.2 Å². The summed E-state index contributed by atoms with van der Waals surface area (Å²) in [6.45, 7) is 18.4. The molecule has 0 N–H and O–H groups in total. The van der Waals surface area contributed by atoms with Crippen molar-refractivity contribution in [1.82, 2.24) is 0 Å². The van der Waals surface area contributed by atoms with Gasteiger partial charge < -0.3 is 4.74 Å². The van der Waals surface area contributed by atoms with Crippen LogP contribution < -0.4 is 0 Å². The van der Waals surface area contributed by atoms with Crippen molar-refractivity contribution < 1.29 is 9.53 Å². The van der Waals surface area contributed by atoms with Gasteiger partial charge in [0, 0.05) is 5.41 Å². The smallest absolute Gasteiger partial charge is 0.164 e. The Morgan fingerprint density at radius 3 is 2.27 bits per heavy atom. The van der Waals surface area contributed by atoms with Crippen LogP contribution in [0.5, 0.6) is 0 Å². The van der Waals surface area contributed by atoms with Crippen molar-refractivity contribution in [1.29, 1.82) is 5.26 Å². The van der Waals surface area contributed by atoms with E-state index in [1.165, 1.54) is 44.9 Å². The van der Waals surface area contributed by atoms with E-state index in [4.69, 9.17) is 4.74 Å². The van der Waals surface area contributed by atoms with Crippen LogP contribution in [0.4, 0.5) is 0 Å². The lowest BCUT2D eigenvalue weighted by Crippen LogP contribution is -2.67. The fourth-order valence-electron chi connectivity index (χ4n) is 12.8. The molecule has 5 saturated carbocycles. The zero-order valence-corrected chi connectivity index (χ0v) is 26.6. The second-order valence-corrected chi connectivity index (χ2v) is 17.4. The largest absolute Gasteiger partial charge is 0.377 e. The minimum Gasteiger partial charge on any atom is -0.377 e. The number of Topliss-reactive ketones (excluding diaryl/α,β-unsaturated/α-hetero) is 1. The molecule has 1 aromatic carbocycles. The molecule has 1 aliphatic heterocycles. The number of hydrogen-bond donors (Lipinski definition) is 0. The van der Waals surface area contributed by atoms with Gasteiger partial charge in [-0.25, -0.2) is 0 Å². The molecule has 1 saturated heterocycles. The molecule has 5 aliphatic carbocycles. The summed E-state index contributed by atoms with van der Waals surface area (Å²) < 4.78 is 6.76. The highest BCUT2D eigenvalue weighted by Crippen LogP contribution is 2.78. The van der Waals surface area contributed by atoms with Crippen LogP contribution in [0.15, 0.2) is 29.8 Å². The molecule has 2 bridgehead atoms. The Labute approximate surface area is 248 Å². The summed E-state index contributed by atoms with van der Waals surface area (Å²) in [5, 5.41) is 9.26. The van der Waals surface area contributed by atoms with Crippen molar-refractivity contribution in [3.8, 4) is 6.07 Å². The maximum Gasteiger partial charge on any atom is 0.164 e. The van der Waals surface area contributed by atoms with Gasteiger partial charge in [-0.3, -0.25) is 4.79 Å². The fourth-order valence-corrected chi connectivity index (χ4v) is 12.8. The van der Waals surface area contributed by atoms with Crippen molar-refractivity contribution in [2.45, 2.75) is 112 Å². The van der Waals surface area contributed by atoms with E-state index < -0.39 is 0 Å². The van der Waals surface area contributed by atoms with Gasteiger partial charge in [0.25, 0.3) is 0 Å². The first-order valence-corrected chi connectivity index (χ1v) is 16.6. The number of nitriles is 1. The van der Waals surface area contributed by atoms with Crippen LogP contribution in [0.25, 0.3) is 6.08 Å². The van der Waals surface area contributed by atoms with Crippen molar-refractivity contribution in [2.75, 3.05) is 6.61 Å². The molecule has 220 valence electrons. The zero-order valence-electron chi connectivity index (χ0n) is 26.6. The van der Waals surface area contributed by atoms with Gasteiger partial charge >= 0.3 is 0 Å². The number of rotatable bonds is 1. The normalized spacial score (nSPS) is 48.4. The number of allylic oxidation sites excluding steroid dienone is 1. The predicted molar refractivity (Wildman–Crippen MR) is 164 cm³/mol. The third-order valence-corrected chi connectivity index (χ3v) is 15.1. The van der Waals surface area contributed by atoms with Gasteiger partial charge in [-0.2, -0.15) is 5.26 Å². The zero-order chi connectivity index (χ0) is 29.2. The number of ketones is 1. The summed E-state index contributed by atoms with van der Waals surface area (Å²) in [7, 11) is 0. The Balaban J connectivity index is 1.27. The maximum atomic E-state index is 14.1. The summed E-state index contributed by atoms with van der Waals surface area (Å²) in [4.78, 5) is 14.1. The summed E-state index contributed by atoms with van der Waals surface area (Å²) in [5.74, 6) is 2.84. The number of carbonyl (C=O) groups is 1. The first kappa shape index (κ1) is 27.9. The van der Waals surface area contributed by atoms with Gasteiger partial charge in [-0.1, -0.05) is 60.6 Å². The van der Waals surface area contributed by atoms with Crippen molar-refractivity contribution >= 4 is 11.9 Å². The van der Waals surface area contributed by atoms with Gasteiger partial charge in [0.15, 0.2) is 5.78 Å².